The molecule has 1 atom stereocenters. The molecule has 2 N–H and O–H groups in total. The number of carbonyl (C=O) groups excluding carboxylic acids is 2. The van der Waals surface area contributed by atoms with Crippen LogP contribution in [0.25, 0.3) is 0 Å². The average Bonchev–Trinajstić information content (AvgIpc) is 3.74. The Morgan fingerprint density at radius 1 is 0.923 bits per heavy atom. The minimum atomic E-state index is -3.54. The van der Waals surface area contributed by atoms with Crippen LogP contribution in [0, 0.1) is 12.7 Å². The SMILES string of the molecule is Cc1ccc(CNC(=O)[C@H](C)N(Cc2ccc(F)cc2)C(=O)CCc2ccc(S(=O)(=O)NC3CC3)cc2)cc1. The number of halogens is 1. The van der Waals surface area contributed by atoms with Crippen molar-refractivity contribution in [2.45, 2.75) is 69.6 Å². The third-order valence-electron chi connectivity index (χ3n) is 6.78. The summed E-state index contributed by atoms with van der Waals surface area (Å²) in [7, 11) is -3.54. The van der Waals surface area contributed by atoms with E-state index in [0.29, 0.717) is 18.5 Å². The quantitative estimate of drug-likeness (QED) is 0.352. The van der Waals surface area contributed by atoms with Gasteiger partial charge in [0.05, 0.1) is 4.90 Å². The van der Waals surface area contributed by atoms with Crippen molar-refractivity contribution < 1.29 is 22.4 Å². The van der Waals surface area contributed by atoms with E-state index in [2.05, 4.69) is 10.0 Å². The molecule has 7 nitrogen and oxygen atoms in total. The first kappa shape index (κ1) is 28.4. The Morgan fingerprint density at radius 2 is 1.51 bits per heavy atom. The van der Waals surface area contributed by atoms with Gasteiger partial charge in [-0.05, 0) is 74.1 Å². The maximum Gasteiger partial charge on any atom is 0.242 e. The van der Waals surface area contributed by atoms with E-state index < -0.39 is 16.1 Å². The van der Waals surface area contributed by atoms with Crippen LogP contribution in [0.3, 0.4) is 0 Å². The Labute approximate surface area is 229 Å². The molecule has 0 saturated heterocycles. The number of rotatable bonds is 12. The highest BCUT2D eigenvalue weighted by molar-refractivity contribution is 7.89. The standard InChI is InChI=1S/C30H34FN3O4S/c1-21-3-5-24(6-4-21)19-32-30(36)22(2)34(20-25-7-12-26(31)13-8-25)29(35)18-11-23-9-16-28(17-10-23)39(37,38)33-27-14-15-27/h3-10,12-13,16-17,22,27,33H,11,14-15,18-20H2,1-2H3,(H,32,36)/t22-/m0/s1. The summed E-state index contributed by atoms with van der Waals surface area (Å²) in [5, 5.41) is 2.90. The minimum absolute atomic E-state index is 0.0236. The zero-order valence-electron chi connectivity index (χ0n) is 22.2. The third kappa shape index (κ3) is 8.21. The lowest BCUT2D eigenvalue weighted by atomic mass is 10.1. The van der Waals surface area contributed by atoms with Gasteiger partial charge < -0.3 is 10.2 Å². The lowest BCUT2D eigenvalue weighted by Gasteiger charge is -2.29. The molecule has 0 radical (unpaired) electrons. The van der Waals surface area contributed by atoms with E-state index in [0.717, 1.165) is 29.5 Å². The van der Waals surface area contributed by atoms with E-state index in [9.17, 15) is 22.4 Å². The predicted molar refractivity (Wildman–Crippen MR) is 148 cm³/mol. The number of benzene rings is 3. The van der Waals surface area contributed by atoms with Crippen LogP contribution >= 0.6 is 0 Å². The molecule has 3 aromatic carbocycles. The Hall–Kier alpha value is -3.56. The second-order valence-electron chi connectivity index (χ2n) is 10.1. The van der Waals surface area contributed by atoms with Crippen molar-refractivity contribution in [3.05, 3.63) is 101 Å². The number of carbonyl (C=O) groups is 2. The summed E-state index contributed by atoms with van der Waals surface area (Å²) in [5.74, 6) is -0.897. The number of sulfonamides is 1. The first-order valence-corrected chi connectivity index (χ1v) is 14.6. The van der Waals surface area contributed by atoms with E-state index in [-0.39, 0.29) is 41.5 Å². The minimum Gasteiger partial charge on any atom is -0.350 e. The Bertz CT molecular complexity index is 1390. The maximum atomic E-state index is 13.4. The molecule has 0 bridgehead atoms. The third-order valence-corrected chi connectivity index (χ3v) is 8.32. The summed E-state index contributed by atoms with van der Waals surface area (Å²) in [6.45, 7) is 4.17. The zero-order chi connectivity index (χ0) is 28.0. The number of nitrogens with one attached hydrogen (secondary N) is 2. The molecule has 1 saturated carbocycles. The van der Waals surface area contributed by atoms with Crippen LogP contribution in [-0.4, -0.2) is 37.2 Å². The molecule has 39 heavy (non-hydrogen) atoms. The van der Waals surface area contributed by atoms with Crippen molar-refractivity contribution in [2.75, 3.05) is 0 Å². The summed E-state index contributed by atoms with van der Waals surface area (Å²) < 4.78 is 40.9. The molecule has 1 aliphatic rings. The van der Waals surface area contributed by atoms with Crippen LogP contribution in [0.1, 0.15) is 48.4 Å². The number of hydrogen-bond donors (Lipinski definition) is 2. The second-order valence-corrected chi connectivity index (χ2v) is 11.8. The lowest BCUT2D eigenvalue weighted by molar-refractivity contribution is -0.140. The van der Waals surface area contributed by atoms with Gasteiger partial charge in [0.1, 0.15) is 11.9 Å². The first-order valence-electron chi connectivity index (χ1n) is 13.1. The van der Waals surface area contributed by atoms with E-state index in [1.54, 1.807) is 43.3 Å². The highest BCUT2D eigenvalue weighted by atomic mass is 32.2. The van der Waals surface area contributed by atoms with Gasteiger partial charge in [-0.2, -0.15) is 0 Å². The van der Waals surface area contributed by atoms with Crippen molar-refractivity contribution in [1.29, 1.82) is 0 Å². The molecule has 9 heteroatoms. The van der Waals surface area contributed by atoms with Gasteiger partial charge in [0.25, 0.3) is 0 Å². The maximum absolute atomic E-state index is 13.4. The fourth-order valence-electron chi connectivity index (χ4n) is 4.13. The Morgan fingerprint density at radius 3 is 2.13 bits per heavy atom. The van der Waals surface area contributed by atoms with E-state index in [4.69, 9.17) is 0 Å². The van der Waals surface area contributed by atoms with Gasteiger partial charge in [-0.1, -0.05) is 54.1 Å². The number of hydrogen-bond acceptors (Lipinski definition) is 4. The van der Waals surface area contributed by atoms with Crippen LogP contribution in [0.5, 0.6) is 0 Å². The van der Waals surface area contributed by atoms with Gasteiger partial charge in [0.2, 0.25) is 21.8 Å². The average molecular weight is 552 g/mol. The van der Waals surface area contributed by atoms with Crippen molar-refractivity contribution >= 4 is 21.8 Å². The summed E-state index contributed by atoms with van der Waals surface area (Å²) >= 11 is 0. The molecule has 3 aromatic rings. The normalized spacial score (nSPS) is 14.0. The van der Waals surface area contributed by atoms with Crippen molar-refractivity contribution in [1.82, 2.24) is 14.9 Å². The summed E-state index contributed by atoms with van der Waals surface area (Å²) in [6.07, 6.45) is 2.22. The van der Waals surface area contributed by atoms with Crippen molar-refractivity contribution in [3.8, 4) is 0 Å². The Kier molecular flexibility index (Phi) is 9.14. The van der Waals surface area contributed by atoms with Crippen LogP contribution in [0.2, 0.25) is 0 Å². The molecular formula is C30H34FN3O4S. The monoisotopic (exact) mass is 551 g/mol. The van der Waals surface area contributed by atoms with E-state index in [1.807, 2.05) is 31.2 Å². The van der Waals surface area contributed by atoms with Crippen molar-refractivity contribution in [3.63, 3.8) is 0 Å². The van der Waals surface area contributed by atoms with Gasteiger partial charge in [-0.3, -0.25) is 9.59 Å². The molecule has 206 valence electrons. The summed E-state index contributed by atoms with van der Waals surface area (Å²) in [5.41, 5.74) is 3.60. The second kappa shape index (κ2) is 12.5. The van der Waals surface area contributed by atoms with Gasteiger partial charge in [-0.15, -0.1) is 0 Å². The number of amides is 2. The molecule has 0 aliphatic heterocycles. The molecule has 1 aliphatic carbocycles. The molecule has 2 amide bonds. The van der Waals surface area contributed by atoms with E-state index >= 15 is 0 Å². The van der Waals surface area contributed by atoms with Gasteiger partial charge >= 0.3 is 0 Å². The summed E-state index contributed by atoms with van der Waals surface area (Å²) in [4.78, 5) is 28.1. The topological polar surface area (TPSA) is 95.6 Å². The van der Waals surface area contributed by atoms with Crippen molar-refractivity contribution in [2.24, 2.45) is 0 Å². The fraction of sp³-hybridized carbons (Fsp3) is 0.333. The first-order chi connectivity index (χ1) is 18.6. The van der Waals surface area contributed by atoms with Crippen LogP contribution in [0.15, 0.2) is 77.7 Å². The fourth-order valence-corrected chi connectivity index (χ4v) is 5.44. The molecule has 0 unspecified atom stereocenters. The number of nitrogens with zero attached hydrogens (tertiary/aromatic N) is 1. The van der Waals surface area contributed by atoms with Gasteiger partial charge in [0, 0.05) is 25.6 Å². The largest absolute Gasteiger partial charge is 0.350 e. The lowest BCUT2D eigenvalue weighted by Crippen LogP contribution is -2.47. The van der Waals surface area contributed by atoms with Crippen LogP contribution < -0.4 is 10.0 Å². The van der Waals surface area contributed by atoms with Gasteiger partial charge in [0.15, 0.2) is 0 Å². The summed E-state index contributed by atoms with van der Waals surface area (Å²) in [6, 6.07) is 19.5. The predicted octanol–water partition coefficient (Wildman–Crippen LogP) is 4.24. The highest BCUT2D eigenvalue weighted by Gasteiger charge is 2.28. The number of aryl methyl sites for hydroxylation is 2. The highest BCUT2D eigenvalue weighted by Crippen LogP contribution is 2.22. The van der Waals surface area contributed by atoms with Gasteiger partial charge in [-0.25, -0.2) is 17.5 Å². The van der Waals surface area contributed by atoms with Crippen LogP contribution in [0.4, 0.5) is 4.39 Å². The molecule has 0 aromatic heterocycles. The molecule has 4 rings (SSSR count). The molecule has 0 heterocycles. The smallest absolute Gasteiger partial charge is 0.242 e. The van der Waals surface area contributed by atoms with Crippen LogP contribution in [-0.2, 0) is 39.1 Å². The molecular weight excluding hydrogens is 517 g/mol. The Balaban J connectivity index is 1.41. The van der Waals surface area contributed by atoms with E-state index in [1.165, 1.54) is 17.0 Å². The zero-order valence-corrected chi connectivity index (χ0v) is 23.0. The molecule has 1 fully saturated rings. The molecule has 0 spiro atoms.